The molecule has 0 amide bonds. The zero-order valence-corrected chi connectivity index (χ0v) is 10.5. The van der Waals surface area contributed by atoms with Gasteiger partial charge >= 0.3 is 0 Å². The lowest BCUT2D eigenvalue weighted by Crippen LogP contribution is -2.04. The molecule has 4 nitrogen and oxygen atoms in total. The van der Waals surface area contributed by atoms with Crippen LogP contribution in [0.5, 0.6) is 0 Å². The van der Waals surface area contributed by atoms with Crippen molar-refractivity contribution in [3.05, 3.63) is 42.0 Å². The Bertz CT molecular complexity index is 619. The van der Waals surface area contributed by atoms with E-state index in [9.17, 15) is 4.39 Å². The molecule has 0 aliphatic heterocycles. The van der Waals surface area contributed by atoms with Crippen molar-refractivity contribution in [2.75, 3.05) is 11.9 Å². The molecule has 2 aromatic heterocycles. The minimum atomic E-state index is -0.410. The summed E-state index contributed by atoms with van der Waals surface area (Å²) in [5.41, 5.74) is 1.65. The van der Waals surface area contributed by atoms with Crippen LogP contribution in [0.25, 0.3) is 11.3 Å². The van der Waals surface area contributed by atoms with Gasteiger partial charge in [0, 0.05) is 18.3 Å². The fourth-order valence-corrected chi connectivity index (χ4v) is 1.64. The number of halogens is 1. The van der Waals surface area contributed by atoms with E-state index in [4.69, 9.17) is 5.26 Å². The van der Waals surface area contributed by atoms with E-state index in [0.29, 0.717) is 22.6 Å². The Balaban J connectivity index is 2.40. The Morgan fingerprint density at radius 2 is 2.21 bits per heavy atom. The largest absolute Gasteiger partial charge is 0.369 e. The van der Waals surface area contributed by atoms with Crippen LogP contribution in [0.15, 0.2) is 30.6 Å². The second-order valence-electron chi connectivity index (χ2n) is 4.02. The number of nitrogens with one attached hydrogen (secondary N) is 1. The zero-order chi connectivity index (χ0) is 13.7. The fourth-order valence-electron chi connectivity index (χ4n) is 1.64. The van der Waals surface area contributed by atoms with Crippen molar-refractivity contribution in [2.45, 2.75) is 13.3 Å². The number of pyridine rings is 2. The summed E-state index contributed by atoms with van der Waals surface area (Å²) < 4.78 is 13.1. The van der Waals surface area contributed by atoms with Gasteiger partial charge in [-0.3, -0.25) is 4.98 Å². The summed E-state index contributed by atoms with van der Waals surface area (Å²) in [5.74, 6) is 0.109. The highest BCUT2D eigenvalue weighted by atomic mass is 19.1. The Morgan fingerprint density at radius 3 is 2.89 bits per heavy atom. The van der Waals surface area contributed by atoms with E-state index in [0.717, 1.165) is 19.2 Å². The van der Waals surface area contributed by atoms with Gasteiger partial charge in [0.2, 0.25) is 0 Å². The maximum absolute atomic E-state index is 13.1. The van der Waals surface area contributed by atoms with Crippen LogP contribution in [0.3, 0.4) is 0 Å². The molecule has 0 aliphatic carbocycles. The van der Waals surface area contributed by atoms with Crippen LogP contribution < -0.4 is 5.32 Å². The number of aromatic nitrogens is 2. The van der Waals surface area contributed by atoms with Gasteiger partial charge < -0.3 is 5.32 Å². The predicted molar refractivity (Wildman–Crippen MR) is 70.9 cm³/mol. The minimum absolute atomic E-state index is 0.410. The third-order valence-electron chi connectivity index (χ3n) is 2.56. The number of hydrogen-bond donors (Lipinski definition) is 1. The first-order chi connectivity index (χ1) is 9.24. The number of nitrogens with zero attached hydrogens (tertiary/aromatic N) is 3. The van der Waals surface area contributed by atoms with Crippen molar-refractivity contribution in [2.24, 2.45) is 0 Å². The molecule has 0 radical (unpaired) electrons. The normalized spacial score (nSPS) is 9.95. The zero-order valence-electron chi connectivity index (χ0n) is 10.5. The van der Waals surface area contributed by atoms with E-state index in [1.807, 2.05) is 6.92 Å². The standard InChI is InChI=1S/C14H13FN4/c1-2-5-18-14-10(7-16)3-4-13(19-14)11-6-12(15)9-17-8-11/h3-4,6,8-9H,2,5H2,1H3,(H,18,19). The number of anilines is 1. The topological polar surface area (TPSA) is 61.6 Å². The van der Waals surface area contributed by atoms with Gasteiger partial charge in [0.15, 0.2) is 0 Å². The lowest BCUT2D eigenvalue weighted by atomic mass is 10.1. The smallest absolute Gasteiger partial charge is 0.144 e. The van der Waals surface area contributed by atoms with E-state index in [-0.39, 0.29) is 0 Å². The molecular formula is C14H13FN4. The van der Waals surface area contributed by atoms with E-state index < -0.39 is 5.82 Å². The Kier molecular flexibility index (Phi) is 4.04. The van der Waals surface area contributed by atoms with Gasteiger partial charge in [0.1, 0.15) is 17.7 Å². The molecule has 96 valence electrons. The first kappa shape index (κ1) is 13.0. The molecule has 0 spiro atoms. The van der Waals surface area contributed by atoms with E-state index in [1.54, 1.807) is 18.3 Å². The second-order valence-corrected chi connectivity index (χ2v) is 4.02. The van der Waals surface area contributed by atoms with Crippen molar-refractivity contribution in [3.8, 4) is 17.3 Å². The van der Waals surface area contributed by atoms with E-state index in [2.05, 4.69) is 21.4 Å². The first-order valence-corrected chi connectivity index (χ1v) is 6.00. The van der Waals surface area contributed by atoms with Gasteiger partial charge in [-0.15, -0.1) is 0 Å². The molecule has 0 saturated heterocycles. The van der Waals surface area contributed by atoms with Crippen LogP contribution >= 0.6 is 0 Å². The molecule has 2 aromatic rings. The van der Waals surface area contributed by atoms with Crippen molar-refractivity contribution < 1.29 is 4.39 Å². The summed E-state index contributed by atoms with van der Waals surface area (Å²) in [7, 11) is 0. The quantitative estimate of drug-likeness (QED) is 0.913. The molecule has 2 heterocycles. The van der Waals surface area contributed by atoms with Crippen molar-refractivity contribution in [3.63, 3.8) is 0 Å². The van der Waals surface area contributed by atoms with Crippen LogP contribution in [0.1, 0.15) is 18.9 Å². The van der Waals surface area contributed by atoms with Crippen LogP contribution in [0, 0.1) is 17.1 Å². The Hall–Kier alpha value is -2.48. The summed E-state index contributed by atoms with van der Waals surface area (Å²) in [5, 5.41) is 12.1. The lowest BCUT2D eigenvalue weighted by Gasteiger charge is -2.08. The third kappa shape index (κ3) is 3.05. The maximum atomic E-state index is 13.1. The van der Waals surface area contributed by atoms with Crippen LogP contribution in [0.4, 0.5) is 10.2 Å². The highest BCUT2D eigenvalue weighted by molar-refractivity contribution is 5.64. The lowest BCUT2D eigenvalue weighted by molar-refractivity contribution is 0.622. The molecule has 0 atom stereocenters. The molecule has 0 fully saturated rings. The fraction of sp³-hybridized carbons (Fsp3) is 0.214. The van der Waals surface area contributed by atoms with Gasteiger partial charge in [0.25, 0.3) is 0 Å². The van der Waals surface area contributed by atoms with Crippen molar-refractivity contribution in [1.29, 1.82) is 5.26 Å². The monoisotopic (exact) mass is 256 g/mol. The van der Waals surface area contributed by atoms with Crippen molar-refractivity contribution >= 4 is 5.82 Å². The summed E-state index contributed by atoms with van der Waals surface area (Å²) in [6.45, 7) is 2.76. The molecule has 1 N–H and O–H groups in total. The van der Waals surface area contributed by atoms with E-state index >= 15 is 0 Å². The molecule has 5 heteroatoms. The highest BCUT2D eigenvalue weighted by Crippen LogP contribution is 2.21. The average Bonchev–Trinajstić information content (AvgIpc) is 2.44. The van der Waals surface area contributed by atoms with Gasteiger partial charge in [-0.1, -0.05) is 6.92 Å². The second kappa shape index (κ2) is 5.91. The summed E-state index contributed by atoms with van der Waals surface area (Å²) in [6, 6.07) is 6.80. The molecule has 0 aliphatic rings. The molecule has 0 unspecified atom stereocenters. The Morgan fingerprint density at radius 1 is 1.37 bits per heavy atom. The Labute approximate surface area is 110 Å². The predicted octanol–water partition coefficient (Wildman–Crippen LogP) is 2.98. The van der Waals surface area contributed by atoms with Crippen LogP contribution in [-0.2, 0) is 0 Å². The van der Waals surface area contributed by atoms with Crippen LogP contribution in [0.2, 0.25) is 0 Å². The average molecular weight is 256 g/mol. The minimum Gasteiger partial charge on any atom is -0.369 e. The van der Waals surface area contributed by atoms with Crippen molar-refractivity contribution in [1.82, 2.24) is 9.97 Å². The van der Waals surface area contributed by atoms with Gasteiger partial charge in [-0.05, 0) is 24.6 Å². The van der Waals surface area contributed by atoms with Gasteiger partial charge in [-0.25, -0.2) is 9.37 Å². The molecule has 2 rings (SSSR count). The van der Waals surface area contributed by atoms with Crippen LogP contribution in [-0.4, -0.2) is 16.5 Å². The number of rotatable bonds is 4. The third-order valence-corrected chi connectivity index (χ3v) is 2.56. The summed E-state index contributed by atoms with van der Waals surface area (Å²) in [6.07, 6.45) is 3.61. The van der Waals surface area contributed by atoms with Gasteiger partial charge in [-0.2, -0.15) is 5.26 Å². The highest BCUT2D eigenvalue weighted by Gasteiger charge is 2.07. The molecular weight excluding hydrogens is 243 g/mol. The molecule has 0 bridgehead atoms. The first-order valence-electron chi connectivity index (χ1n) is 6.00. The molecule has 19 heavy (non-hydrogen) atoms. The SMILES string of the molecule is CCCNc1nc(-c2cncc(F)c2)ccc1C#N. The summed E-state index contributed by atoms with van der Waals surface area (Å²) >= 11 is 0. The molecule has 0 saturated carbocycles. The number of nitriles is 1. The summed E-state index contributed by atoms with van der Waals surface area (Å²) in [4.78, 5) is 8.15. The number of hydrogen-bond acceptors (Lipinski definition) is 4. The van der Waals surface area contributed by atoms with Gasteiger partial charge in [0.05, 0.1) is 17.5 Å². The van der Waals surface area contributed by atoms with E-state index in [1.165, 1.54) is 6.07 Å². The molecule has 0 aromatic carbocycles. The maximum Gasteiger partial charge on any atom is 0.144 e.